The number of ether oxygens (including phenoxy) is 1. The number of hydrogen-bond donors (Lipinski definition) is 2. The molecular formula is C17H25N3O2. The van der Waals surface area contributed by atoms with E-state index in [0.29, 0.717) is 12.5 Å². The molecule has 1 atom stereocenters. The summed E-state index contributed by atoms with van der Waals surface area (Å²) in [6.07, 6.45) is 4.41. The van der Waals surface area contributed by atoms with Crippen molar-refractivity contribution in [1.29, 1.82) is 0 Å². The van der Waals surface area contributed by atoms with Gasteiger partial charge >= 0.3 is 0 Å². The second kappa shape index (κ2) is 8.41. The molecule has 5 heteroatoms. The van der Waals surface area contributed by atoms with E-state index in [1.165, 1.54) is 12.8 Å². The highest BCUT2D eigenvalue weighted by Gasteiger charge is 2.14. The van der Waals surface area contributed by atoms with Gasteiger partial charge in [0.05, 0.1) is 13.2 Å². The molecule has 1 aliphatic rings. The lowest BCUT2D eigenvalue weighted by atomic mass is 9.89. The fraction of sp³-hybridized carbons (Fsp3) is 0.529. The molecule has 1 aromatic carbocycles. The van der Waals surface area contributed by atoms with Crippen LogP contribution in [-0.2, 0) is 4.79 Å². The van der Waals surface area contributed by atoms with Gasteiger partial charge in [0.2, 0.25) is 0 Å². The highest BCUT2D eigenvalue weighted by molar-refractivity contribution is 5.87. The maximum Gasteiger partial charge on any atom is 0.259 e. The summed E-state index contributed by atoms with van der Waals surface area (Å²) in [6, 6.07) is 7.56. The van der Waals surface area contributed by atoms with E-state index in [1.807, 2.05) is 31.2 Å². The first kappa shape index (κ1) is 16.3. The first-order valence-electron chi connectivity index (χ1n) is 7.98. The van der Waals surface area contributed by atoms with E-state index in [0.717, 1.165) is 30.0 Å². The molecule has 22 heavy (non-hydrogen) atoms. The molecule has 0 spiro atoms. The van der Waals surface area contributed by atoms with Crippen LogP contribution in [0, 0.1) is 5.92 Å². The van der Waals surface area contributed by atoms with Crippen molar-refractivity contribution < 1.29 is 9.53 Å². The zero-order valence-electron chi connectivity index (χ0n) is 13.4. The van der Waals surface area contributed by atoms with E-state index in [9.17, 15) is 4.79 Å². The minimum atomic E-state index is -0.125. The molecule has 0 aromatic heterocycles. The van der Waals surface area contributed by atoms with Crippen LogP contribution in [0.25, 0.3) is 0 Å². The smallest absolute Gasteiger partial charge is 0.259 e. The van der Waals surface area contributed by atoms with Gasteiger partial charge in [-0.3, -0.25) is 4.79 Å². The van der Waals surface area contributed by atoms with E-state index >= 15 is 0 Å². The van der Waals surface area contributed by atoms with Crippen LogP contribution in [0.4, 0.5) is 5.69 Å². The Kier molecular flexibility index (Phi) is 6.25. The number of hydrazone groups is 1. The summed E-state index contributed by atoms with van der Waals surface area (Å²) < 4.78 is 5.38. The molecule has 1 saturated carbocycles. The van der Waals surface area contributed by atoms with Crippen molar-refractivity contribution in [2.24, 2.45) is 11.0 Å². The van der Waals surface area contributed by atoms with E-state index in [2.05, 4.69) is 22.8 Å². The van der Waals surface area contributed by atoms with Gasteiger partial charge in [-0.15, -0.1) is 0 Å². The molecular weight excluding hydrogens is 278 g/mol. The minimum absolute atomic E-state index is 0.125. The molecule has 2 rings (SSSR count). The number of amides is 1. The summed E-state index contributed by atoms with van der Waals surface area (Å²) in [5.74, 6) is 1.38. The molecule has 0 unspecified atom stereocenters. The van der Waals surface area contributed by atoms with Gasteiger partial charge in [0.25, 0.3) is 5.91 Å². The highest BCUT2D eigenvalue weighted by Crippen LogP contribution is 2.20. The third-order valence-electron chi connectivity index (χ3n) is 3.70. The van der Waals surface area contributed by atoms with Crippen LogP contribution in [0.15, 0.2) is 29.4 Å². The fourth-order valence-electron chi connectivity index (χ4n) is 2.56. The third kappa shape index (κ3) is 5.39. The number of nitrogens with zero attached hydrogens (tertiary/aromatic N) is 1. The number of carbonyl (C=O) groups is 1. The Morgan fingerprint density at radius 3 is 2.82 bits per heavy atom. The fourth-order valence-corrected chi connectivity index (χ4v) is 2.56. The van der Waals surface area contributed by atoms with Crippen LogP contribution in [0.3, 0.4) is 0 Å². The van der Waals surface area contributed by atoms with Gasteiger partial charge in [0, 0.05) is 11.4 Å². The van der Waals surface area contributed by atoms with Crippen molar-refractivity contribution >= 4 is 17.3 Å². The molecule has 0 saturated heterocycles. The Morgan fingerprint density at radius 2 is 2.14 bits per heavy atom. The molecule has 1 aliphatic carbocycles. The zero-order valence-corrected chi connectivity index (χ0v) is 13.4. The molecule has 0 aliphatic heterocycles. The molecule has 120 valence electrons. The molecule has 1 aromatic rings. The normalized spacial score (nSPS) is 19.7. The van der Waals surface area contributed by atoms with Crippen molar-refractivity contribution in [3.8, 4) is 5.75 Å². The van der Waals surface area contributed by atoms with Crippen molar-refractivity contribution in [1.82, 2.24) is 5.43 Å². The van der Waals surface area contributed by atoms with Crippen molar-refractivity contribution in [3.63, 3.8) is 0 Å². The number of anilines is 1. The molecule has 1 amide bonds. The lowest BCUT2D eigenvalue weighted by molar-refractivity contribution is -0.119. The van der Waals surface area contributed by atoms with E-state index in [-0.39, 0.29) is 12.5 Å². The van der Waals surface area contributed by atoms with Crippen LogP contribution in [0.5, 0.6) is 5.75 Å². The number of hydrogen-bond acceptors (Lipinski definition) is 4. The molecule has 5 nitrogen and oxygen atoms in total. The summed E-state index contributed by atoms with van der Waals surface area (Å²) in [5, 5.41) is 7.31. The van der Waals surface area contributed by atoms with Crippen LogP contribution in [0.1, 0.15) is 39.5 Å². The topological polar surface area (TPSA) is 62.7 Å². The average Bonchev–Trinajstić information content (AvgIpc) is 2.53. The van der Waals surface area contributed by atoms with E-state index < -0.39 is 0 Å². The predicted molar refractivity (Wildman–Crippen MR) is 89.3 cm³/mol. The second-order valence-electron chi connectivity index (χ2n) is 5.73. The Bertz CT molecular complexity index is 511. The third-order valence-corrected chi connectivity index (χ3v) is 3.70. The largest absolute Gasteiger partial charge is 0.494 e. The Balaban J connectivity index is 1.74. The van der Waals surface area contributed by atoms with Gasteiger partial charge in [-0.05, 0) is 62.8 Å². The molecule has 2 N–H and O–H groups in total. The average molecular weight is 303 g/mol. The predicted octanol–water partition coefficient (Wildman–Crippen LogP) is 3.18. The molecule has 1 fully saturated rings. The summed E-state index contributed by atoms with van der Waals surface area (Å²) >= 11 is 0. The first-order valence-corrected chi connectivity index (χ1v) is 7.98. The van der Waals surface area contributed by atoms with Gasteiger partial charge in [-0.1, -0.05) is 6.92 Å². The van der Waals surface area contributed by atoms with Gasteiger partial charge in [-0.25, -0.2) is 5.43 Å². The second-order valence-corrected chi connectivity index (χ2v) is 5.73. The van der Waals surface area contributed by atoms with Crippen LogP contribution < -0.4 is 15.5 Å². The molecule has 0 heterocycles. The van der Waals surface area contributed by atoms with Crippen LogP contribution in [-0.4, -0.2) is 24.8 Å². The maximum atomic E-state index is 11.8. The van der Waals surface area contributed by atoms with Crippen molar-refractivity contribution in [2.75, 3.05) is 18.5 Å². The standard InChI is InChI=1S/C17H25N3O2/c1-3-22-16-9-7-14(8-10-16)18-12-17(21)20-19-15-6-4-5-13(2)11-15/h7-10,13,18H,3-6,11-12H2,1-2H3,(H,20,21)/t13-/m0/s1. The number of carbonyl (C=O) groups excluding carboxylic acids is 1. The quantitative estimate of drug-likeness (QED) is 0.793. The SMILES string of the molecule is CCOc1ccc(NCC(=O)NN=C2CCC[C@H](C)C2)cc1. The number of nitrogens with one attached hydrogen (secondary N) is 2. The summed E-state index contributed by atoms with van der Waals surface area (Å²) in [4.78, 5) is 11.8. The van der Waals surface area contributed by atoms with Crippen LogP contribution >= 0.6 is 0 Å². The van der Waals surface area contributed by atoms with E-state index in [4.69, 9.17) is 4.74 Å². The van der Waals surface area contributed by atoms with Gasteiger partial charge < -0.3 is 10.1 Å². The summed E-state index contributed by atoms with van der Waals surface area (Å²) in [7, 11) is 0. The summed E-state index contributed by atoms with van der Waals surface area (Å²) in [5.41, 5.74) is 4.63. The molecule has 0 radical (unpaired) electrons. The summed E-state index contributed by atoms with van der Waals surface area (Å²) in [6.45, 7) is 5.03. The highest BCUT2D eigenvalue weighted by atomic mass is 16.5. The maximum absolute atomic E-state index is 11.8. The lowest BCUT2D eigenvalue weighted by Crippen LogP contribution is -2.27. The Hall–Kier alpha value is -2.04. The van der Waals surface area contributed by atoms with Crippen LogP contribution in [0.2, 0.25) is 0 Å². The first-order chi connectivity index (χ1) is 10.7. The van der Waals surface area contributed by atoms with Gasteiger partial charge in [0.1, 0.15) is 5.75 Å². The van der Waals surface area contributed by atoms with Gasteiger partial charge in [-0.2, -0.15) is 5.10 Å². The zero-order chi connectivity index (χ0) is 15.8. The van der Waals surface area contributed by atoms with E-state index in [1.54, 1.807) is 0 Å². The van der Waals surface area contributed by atoms with Crippen molar-refractivity contribution in [3.05, 3.63) is 24.3 Å². The molecule has 0 bridgehead atoms. The minimum Gasteiger partial charge on any atom is -0.494 e. The Morgan fingerprint density at radius 1 is 1.36 bits per heavy atom. The Labute approximate surface area is 132 Å². The van der Waals surface area contributed by atoms with Crippen molar-refractivity contribution in [2.45, 2.75) is 39.5 Å². The lowest BCUT2D eigenvalue weighted by Gasteiger charge is -2.18. The number of benzene rings is 1. The van der Waals surface area contributed by atoms with Gasteiger partial charge in [0.15, 0.2) is 0 Å². The number of rotatable bonds is 6. The monoisotopic (exact) mass is 303 g/mol.